The molecule has 31 heavy (non-hydrogen) atoms. The standard InChI is InChI=1S/C23H20F3N3O2/c1-14-4-2-5-15(10-14)11-20-27-19-8-9-29(13-18(19)21(30)28-20)22(31)16-6-3-7-17(12-16)23(24,25)26/h2-7,10,12H,8-9,11,13H2,1H3,(H,27,28,30). The number of halogens is 3. The largest absolute Gasteiger partial charge is 0.416 e. The van der Waals surface area contributed by atoms with E-state index in [-0.39, 0.29) is 24.2 Å². The molecular weight excluding hydrogens is 407 g/mol. The van der Waals surface area contributed by atoms with E-state index >= 15 is 0 Å². The number of hydrogen-bond acceptors (Lipinski definition) is 3. The quantitative estimate of drug-likeness (QED) is 0.690. The maximum atomic E-state index is 13.0. The average Bonchev–Trinajstić information content (AvgIpc) is 2.72. The van der Waals surface area contributed by atoms with Crippen LogP contribution < -0.4 is 5.56 Å². The van der Waals surface area contributed by atoms with E-state index in [4.69, 9.17) is 0 Å². The molecule has 2 heterocycles. The lowest BCUT2D eigenvalue weighted by Gasteiger charge is -2.28. The second-order valence-corrected chi connectivity index (χ2v) is 7.66. The Labute approximate surface area is 176 Å². The molecule has 0 saturated carbocycles. The van der Waals surface area contributed by atoms with Crippen molar-refractivity contribution in [2.75, 3.05) is 6.54 Å². The van der Waals surface area contributed by atoms with Crippen molar-refractivity contribution in [1.82, 2.24) is 14.9 Å². The zero-order chi connectivity index (χ0) is 22.2. The number of nitrogens with one attached hydrogen (secondary N) is 1. The van der Waals surface area contributed by atoms with E-state index in [1.165, 1.54) is 17.0 Å². The zero-order valence-electron chi connectivity index (χ0n) is 16.8. The number of nitrogens with zero attached hydrogens (tertiary/aromatic N) is 2. The third kappa shape index (κ3) is 4.52. The second-order valence-electron chi connectivity index (χ2n) is 7.66. The predicted octanol–water partition coefficient (Wildman–Crippen LogP) is 3.89. The number of H-pyrrole nitrogens is 1. The van der Waals surface area contributed by atoms with Gasteiger partial charge in [-0.25, -0.2) is 4.98 Å². The number of alkyl halides is 3. The molecule has 1 aliphatic heterocycles. The first-order chi connectivity index (χ1) is 14.7. The van der Waals surface area contributed by atoms with Crippen LogP contribution in [0.3, 0.4) is 0 Å². The summed E-state index contributed by atoms with van der Waals surface area (Å²) in [7, 11) is 0. The van der Waals surface area contributed by atoms with Crippen LogP contribution in [-0.4, -0.2) is 27.3 Å². The number of aromatic nitrogens is 2. The lowest BCUT2D eigenvalue weighted by Crippen LogP contribution is -2.40. The summed E-state index contributed by atoms with van der Waals surface area (Å²) in [5, 5.41) is 0. The Hall–Kier alpha value is -3.42. The average molecular weight is 427 g/mol. The number of fused-ring (bicyclic) bond motifs is 1. The van der Waals surface area contributed by atoms with Gasteiger partial charge in [-0.3, -0.25) is 9.59 Å². The first-order valence-corrected chi connectivity index (χ1v) is 9.84. The van der Waals surface area contributed by atoms with Crippen molar-refractivity contribution in [3.8, 4) is 0 Å². The number of rotatable bonds is 3. The number of benzene rings is 2. The lowest BCUT2D eigenvalue weighted by molar-refractivity contribution is -0.137. The number of hydrogen-bond donors (Lipinski definition) is 1. The summed E-state index contributed by atoms with van der Waals surface area (Å²) in [5.74, 6) is 0.00647. The van der Waals surface area contributed by atoms with E-state index in [9.17, 15) is 22.8 Å². The van der Waals surface area contributed by atoms with Gasteiger partial charge in [0.25, 0.3) is 11.5 Å². The van der Waals surface area contributed by atoms with E-state index in [1.807, 2.05) is 31.2 Å². The Kier molecular flexibility index (Phi) is 5.39. The van der Waals surface area contributed by atoms with Crippen LogP contribution in [0.4, 0.5) is 13.2 Å². The number of carbonyl (C=O) groups excluding carboxylic acids is 1. The highest BCUT2D eigenvalue weighted by Crippen LogP contribution is 2.30. The van der Waals surface area contributed by atoms with Gasteiger partial charge in [-0.05, 0) is 30.7 Å². The molecule has 2 aromatic carbocycles. The van der Waals surface area contributed by atoms with E-state index in [0.717, 1.165) is 23.3 Å². The van der Waals surface area contributed by atoms with Gasteiger partial charge in [0, 0.05) is 24.9 Å². The van der Waals surface area contributed by atoms with Crippen LogP contribution in [0.1, 0.15) is 44.1 Å². The minimum Gasteiger partial charge on any atom is -0.334 e. The van der Waals surface area contributed by atoms with E-state index in [0.29, 0.717) is 29.9 Å². The Bertz CT molecular complexity index is 1200. The van der Waals surface area contributed by atoms with Crippen LogP contribution in [0.5, 0.6) is 0 Å². The zero-order valence-corrected chi connectivity index (χ0v) is 16.8. The van der Waals surface area contributed by atoms with E-state index in [2.05, 4.69) is 9.97 Å². The predicted molar refractivity (Wildman–Crippen MR) is 109 cm³/mol. The van der Waals surface area contributed by atoms with Crippen molar-refractivity contribution in [2.45, 2.75) is 32.5 Å². The third-order valence-corrected chi connectivity index (χ3v) is 5.30. The van der Waals surface area contributed by atoms with Crippen LogP contribution in [0, 0.1) is 6.92 Å². The molecule has 0 radical (unpaired) electrons. The summed E-state index contributed by atoms with van der Waals surface area (Å²) in [6.07, 6.45) is -3.68. The summed E-state index contributed by atoms with van der Waals surface area (Å²) in [6, 6.07) is 12.2. The van der Waals surface area contributed by atoms with Gasteiger partial charge >= 0.3 is 6.18 Å². The van der Waals surface area contributed by atoms with Crippen molar-refractivity contribution in [2.24, 2.45) is 0 Å². The van der Waals surface area contributed by atoms with Crippen molar-refractivity contribution >= 4 is 5.91 Å². The summed E-state index contributed by atoms with van der Waals surface area (Å²) in [5.41, 5.74) is 1.88. The minimum absolute atomic E-state index is 0.0114. The van der Waals surface area contributed by atoms with Gasteiger partial charge in [0.15, 0.2) is 0 Å². The highest BCUT2D eigenvalue weighted by Gasteiger charge is 2.32. The van der Waals surface area contributed by atoms with E-state index in [1.54, 1.807) is 0 Å². The SMILES string of the molecule is Cc1cccc(Cc2nc3c(c(=O)[nH]2)CN(C(=O)c2cccc(C(F)(F)F)c2)CC3)c1. The van der Waals surface area contributed by atoms with Gasteiger partial charge < -0.3 is 9.88 Å². The molecule has 0 saturated heterocycles. The first-order valence-electron chi connectivity index (χ1n) is 9.84. The van der Waals surface area contributed by atoms with Gasteiger partial charge in [0.2, 0.25) is 0 Å². The Morgan fingerprint density at radius 3 is 2.68 bits per heavy atom. The third-order valence-electron chi connectivity index (χ3n) is 5.30. The van der Waals surface area contributed by atoms with E-state index < -0.39 is 17.6 Å². The maximum absolute atomic E-state index is 13.0. The van der Waals surface area contributed by atoms with Crippen molar-refractivity contribution in [3.63, 3.8) is 0 Å². The summed E-state index contributed by atoms with van der Waals surface area (Å²) >= 11 is 0. The van der Waals surface area contributed by atoms with Crippen LogP contribution in [-0.2, 0) is 25.6 Å². The van der Waals surface area contributed by atoms with Crippen LogP contribution in [0.25, 0.3) is 0 Å². The maximum Gasteiger partial charge on any atom is 0.416 e. The van der Waals surface area contributed by atoms with Crippen molar-refractivity contribution in [1.29, 1.82) is 0 Å². The van der Waals surface area contributed by atoms with Crippen LogP contribution >= 0.6 is 0 Å². The molecule has 1 aliphatic rings. The number of amides is 1. The van der Waals surface area contributed by atoms with Crippen molar-refractivity contribution < 1.29 is 18.0 Å². The molecule has 0 aliphatic carbocycles. The molecule has 0 spiro atoms. The van der Waals surface area contributed by atoms with Crippen molar-refractivity contribution in [3.05, 3.63) is 98.2 Å². The molecule has 0 bridgehead atoms. The summed E-state index contributed by atoms with van der Waals surface area (Å²) in [6.45, 7) is 2.28. The molecule has 0 fully saturated rings. The number of aryl methyl sites for hydroxylation is 1. The fourth-order valence-corrected chi connectivity index (χ4v) is 3.76. The van der Waals surface area contributed by atoms with Crippen LogP contribution in [0.2, 0.25) is 0 Å². The number of carbonyl (C=O) groups is 1. The first kappa shape index (κ1) is 20.8. The van der Waals surface area contributed by atoms with Gasteiger partial charge in [-0.1, -0.05) is 35.9 Å². The molecule has 0 atom stereocenters. The fraction of sp³-hybridized carbons (Fsp3) is 0.261. The molecule has 8 heteroatoms. The highest BCUT2D eigenvalue weighted by molar-refractivity contribution is 5.94. The molecule has 1 aromatic heterocycles. The van der Waals surface area contributed by atoms with Gasteiger partial charge in [-0.15, -0.1) is 0 Å². The lowest BCUT2D eigenvalue weighted by atomic mass is 10.0. The Balaban J connectivity index is 1.55. The highest BCUT2D eigenvalue weighted by atomic mass is 19.4. The van der Waals surface area contributed by atoms with Gasteiger partial charge in [0.05, 0.1) is 23.4 Å². The molecule has 1 amide bonds. The molecule has 4 rings (SSSR count). The fourth-order valence-electron chi connectivity index (χ4n) is 3.76. The Morgan fingerprint density at radius 2 is 1.94 bits per heavy atom. The van der Waals surface area contributed by atoms with Gasteiger partial charge in [0.1, 0.15) is 5.82 Å². The molecule has 0 unspecified atom stereocenters. The van der Waals surface area contributed by atoms with Gasteiger partial charge in [-0.2, -0.15) is 13.2 Å². The molecule has 5 nitrogen and oxygen atoms in total. The minimum atomic E-state index is -4.53. The molecule has 3 aromatic rings. The monoisotopic (exact) mass is 427 g/mol. The summed E-state index contributed by atoms with van der Waals surface area (Å²) < 4.78 is 38.9. The smallest absolute Gasteiger partial charge is 0.334 e. The normalized spacial score (nSPS) is 13.7. The summed E-state index contributed by atoms with van der Waals surface area (Å²) in [4.78, 5) is 34.1. The molecule has 160 valence electrons. The molecule has 1 N–H and O–H groups in total. The Morgan fingerprint density at radius 1 is 1.16 bits per heavy atom. The second kappa shape index (κ2) is 8.02. The topological polar surface area (TPSA) is 66.1 Å². The number of aromatic amines is 1. The molecular formula is C23H20F3N3O2. The van der Waals surface area contributed by atoms with Crippen LogP contribution in [0.15, 0.2) is 53.3 Å².